The Labute approximate surface area is 129 Å². The highest BCUT2D eigenvalue weighted by Crippen LogP contribution is 2.23. The summed E-state index contributed by atoms with van der Waals surface area (Å²) in [5, 5.41) is 9.05. The van der Waals surface area contributed by atoms with Gasteiger partial charge in [-0.2, -0.15) is 5.26 Å². The third kappa shape index (κ3) is 2.53. The second kappa shape index (κ2) is 5.90. The van der Waals surface area contributed by atoms with Crippen molar-refractivity contribution >= 4 is 11.0 Å². The van der Waals surface area contributed by atoms with Crippen LogP contribution in [0.15, 0.2) is 42.5 Å². The number of nitriles is 1. The van der Waals surface area contributed by atoms with Crippen LogP contribution in [0.25, 0.3) is 11.0 Å². The highest BCUT2D eigenvalue weighted by Gasteiger charge is 2.11. The molecule has 22 heavy (non-hydrogen) atoms. The fraction of sp³-hybridized carbons (Fsp3) is 0.222. The smallest absolute Gasteiger partial charge is 0.148 e. The Balaban J connectivity index is 1.92. The Morgan fingerprint density at radius 3 is 2.77 bits per heavy atom. The summed E-state index contributed by atoms with van der Waals surface area (Å²) in [6.45, 7) is 4.72. The molecule has 0 N–H and O–H groups in total. The lowest BCUT2D eigenvalue weighted by Gasteiger charge is -2.11. The summed E-state index contributed by atoms with van der Waals surface area (Å²) in [6, 6.07) is 16.0. The van der Waals surface area contributed by atoms with Crippen LogP contribution in [-0.4, -0.2) is 9.55 Å². The van der Waals surface area contributed by atoms with Gasteiger partial charge >= 0.3 is 0 Å². The monoisotopic (exact) mass is 291 g/mol. The van der Waals surface area contributed by atoms with Crippen molar-refractivity contribution in [2.75, 3.05) is 0 Å². The molecule has 0 saturated carbocycles. The number of ether oxygens (including phenoxy) is 1. The third-order valence-electron chi connectivity index (χ3n) is 3.87. The summed E-state index contributed by atoms with van der Waals surface area (Å²) in [4.78, 5) is 4.59. The second-order valence-corrected chi connectivity index (χ2v) is 5.25. The minimum absolute atomic E-state index is 0.270. The molecule has 110 valence electrons. The van der Waals surface area contributed by atoms with Crippen molar-refractivity contribution in [1.29, 1.82) is 5.26 Å². The minimum Gasteiger partial charge on any atom is -0.485 e. The summed E-state index contributed by atoms with van der Waals surface area (Å²) in [5.74, 6) is 1.62. The van der Waals surface area contributed by atoms with Crippen LogP contribution in [0.1, 0.15) is 17.0 Å². The number of nitrogens with zero attached hydrogens (tertiary/aromatic N) is 3. The largest absolute Gasteiger partial charge is 0.485 e. The van der Waals surface area contributed by atoms with Gasteiger partial charge in [-0.05, 0) is 43.2 Å². The fourth-order valence-corrected chi connectivity index (χ4v) is 2.51. The van der Waals surface area contributed by atoms with Crippen LogP contribution in [0.3, 0.4) is 0 Å². The Morgan fingerprint density at radius 2 is 1.95 bits per heavy atom. The van der Waals surface area contributed by atoms with E-state index in [9.17, 15) is 0 Å². The van der Waals surface area contributed by atoms with E-state index >= 15 is 0 Å². The van der Waals surface area contributed by atoms with Gasteiger partial charge in [0, 0.05) is 0 Å². The summed E-state index contributed by atoms with van der Waals surface area (Å²) in [7, 11) is 0. The number of imidazole rings is 1. The maximum Gasteiger partial charge on any atom is 0.148 e. The van der Waals surface area contributed by atoms with Crippen molar-refractivity contribution in [3.63, 3.8) is 0 Å². The summed E-state index contributed by atoms with van der Waals surface area (Å²) >= 11 is 0. The van der Waals surface area contributed by atoms with Crippen molar-refractivity contribution in [2.45, 2.75) is 27.0 Å². The minimum atomic E-state index is 0.270. The Morgan fingerprint density at radius 1 is 1.14 bits per heavy atom. The average Bonchev–Trinajstić information content (AvgIpc) is 2.87. The number of hydrogen-bond acceptors (Lipinski definition) is 3. The van der Waals surface area contributed by atoms with Gasteiger partial charge in [-0.15, -0.1) is 0 Å². The van der Waals surface area contributed by atoms with Crippen molar-refractivity contribution in [3.8, 4) is 11.8 Å². The van der Waals surface area contributed by atoms with Crippen molar-refractivity contribution in [2.24, 2.45) is 0 Å². The zero-order valence-corrected chi connectivity index (χ0v) is 12.7. The van der Waals surface area contributed by atoms with Gasteiger partial charge in [0.2, 0.25) is 0 Å². The summed E-state index contributed by atoms with van der Waals surface area (Å²) in [6.07, 6.45) is 0. The Bertz CT molecular complexity index is 858. The molecule has 4 heteroatoms. The molecule has 1 aromatic heterocycles. The molecule has 2 aromatic carbocycles. The molecule has 1 heterocycles. The normalized spacial score (nSPS) is 10.6. The van der Waals surface area contributed by atoms with Gasteiger partial charge < -0.3 is 9.30 Å². The molecule has 0 amide bonds. The van der Waals surface area contributed by atoms with Gasteiger partial charge in [0.05, 0.1) is 17.1 Å². The maximum atomic E-state index is 9.05. The number of hydrogen-bond donors (Lipinski definition) is 0. The molecule has 3 rings (SSSR count). The molecule has 0 unspecified atom stereocenters. The van der Waals surface area contributed by atoms with Crippen molar-refractivity contribution in [3.05, 3.63) is 59.4 Å². The molecule has 0 aliphatic rings. The second-order valence-electron chi connectivity index (χ2n) is 5.25. The zero-order valence-electron chi connectivity index (χ0n) is 12.7. The molecule has 0 fully saturated rings. The first-order chi connectivity index (χ1) is 10.7. The first kappa shape index (κ1) is 14.2. The molecule has 4 nitrogen and oxygen atoms in total. The van der Waals surface area contributed by atoms with Crippen LogP contribution in [-0.2, 0) is 13.2 Å². The van der Waals surface area contributed by atoms with Crippen LogP contribution in [0.4, 0.5) is 0 Å². The van der Waals surface area contributed by atoms with Gasteiger partial charge in [0.1, 0.15) is 24.7 Å². The van der Waals surface area contributed by atoms with Gasteiger partial charge in [-0.3, -0.25) is 0 Å². The molecule has 0 aliphatic carbocycles. The van der Waals surface area contributed by atoms with E-state index in [2.05, 4.69) is 24.0 Å². The molecule has 0 atom stereocenters. The molecular formula is C18H17N3O. The molecule has 0 saturated heterocycles. The topological polar surface area (TPSA) is 50.8 Å². The van der Waals surface area contributed by atoms with Crippen molar-refractivity contribution < 1.29 is 4.74 Å². The number of aromatic nitrogens is 2. The van der Waals surface area contributed by atoms with E-state index in [1.807, 2.05) is 47.9 Å². The predicted octanol–water partition coefficient (Wildman–Crippen LogP) is 3.76. The van der Waals surface area contributed by atoms with E-state index in [0.717, 1.165) is 28.2 Å². The van der Waals surface area contributed by atoms with Crippen LogP contribution >= 0.6 is 0 Å². The Kier molecular flexibility index (Phi) is 3.80. The maximum absolute atomic E-state index is 9.05. The van der Waals surface area contributed by atoms with Crippen LogP contribution in [0.2, 0.25) is 0 Å². The van der Waals surface area contributed by atoms with E-state index in [1.54, 1.807) is 0 Å². The van der Waals surface area contributed by atoms with E-state index < -0.39 is 0 Å². The lowest BCUT2D eigenvalue weighted by molar-refractivity contribution is 0.289. The average molecular weight is 291 g/mol. The van der Waals surface area contributed by atoms with Gasteiger partial charge in [0.25, 0.3) is 0 Å². The van der Waals surface area contributed by atoms with Crippen LogP contribution in [0, 0.1) is 25.2 Å². The molecule has 0 spiro atoms. The predicted molar refractivity (Wildman–Crippen MR) is 85.6 cm³/mol. The Hall–Kier alpha value is -2.80. The summed E-state index contributed by atoms with van der Waals surface area (Å²) in [5.41, 5.74) is 4.18. The molecule has 0 aliphatic heterocycles. The van der Waals surface area contributed by atoms with Crippen molar-refractivity contribution in [1.82, 2.24) is 9.55 Å². The molecule has 3 aromatic rings. The fourth-order valence-electron chi connectivity index (χ4n) is 2.51. The zero-order chi connectivity index (χ0) is 15.5. The van der Waals surface area contributed by atoms with E-state index in [-0.39, 0.29) is 6.54 Å². The quantitative estimate of drug-likeness (QED) is 0.735. The van der Waals surface area contributed by atoms with Gasteiger partial charge in [-0.25, -0.2) is 4.98 Å². The summed E-state index contributed by atoms with van der Waals surface area (Å²) < 4.78 is 7.83. The highest BCUT2D eigenvalue weighted by atomic mass is 16.5. The lowest BCUT2D eigenvalue weighted by Crippen LogP contribution is -2.07. The number of fused-ring (bicyclic) bond motifs is 1. The lowest BCUT2D eigenvalue weighted by atomic mass is 10.1. The molecular weight excluding hydrogens is 274 g/mol. The first-order valence-electron chi connectivity index (χ1n) is 7.21. The number of rotatable bonds is 4. The van der Waals surface area contributed by atoms with Gasteiger partial charge in [0.15, 0.2) is 0 Å². The molecule has 0 radical (unpaired) electrons. The molecule has 0 bridgehead atoms. The SMILES string of the molecule is Cc1cccc(OCc2nc3ccccc3n2CC#N)c1C. The third-order valence-corrected chi connectivity index (χ3v) is 3.87. The number of aryl methyl sites for hydroxylation is 1. The van der Waals surface area contributed by atoms with E-state index in [0.29, 0.717) is 6.61 Å². The van der Waals surface area contributed by atoms with E-state index in [1.165, 1.54) is 5.56 Å². The van der Waals surface area contributed by atoms with Crippen LogP contribution < -0.4 is 4.74 Å². The van der Waals surface area contributed by atoms with E-state index in [4.69, 9.17) is 10.00 Å². The van der Waals surface area contributed by atoms with Crippen LogP contribution in [0.5, 0.6) is 5.75 Å². The number of benzene rings is 2. The first-order valence-corrected chi connectivity index (χ1v) is 7.21. The van der Waals surface area contributed by atoms with Gasteiger partial charge in [-0.1, -0.05) is 24.3 Å². The standard InChI is InChI=1S/C18H17N3O/c1-13-6-5-9-17(14(13)2)22-12-18-20-15-7-3-4-8-16(15)21(18)11-10-19/h3-9H,11-12H2,1-2H3. The highest BCUT2D eigenvalue weighted by molar-refractivity contribution is 5.76. The number of para-hydroxylation sites is 2.